The van der Waals surface area contributed by atoms with E-state index in [1.54, 1.807) is 0 Å². The Morgan fingerprint density at radius 1 is 0.339 bits per heavy atom. The molecule has 10 aromatic carbocycles. The van der Waals surface area contributed by atoms with Crippen molar-refractivity contribution in [3.63, 3.8) is 0 Å². The van der Waals surface area contributed by atoms with E-state index in [0.29, 0.717) is 0 Å². The zero-order valence-corrected chi connectivity index (χ0v) is 32.1. The Labute approximate surface area is 341 Å². The van der Waals surface area contributed by atoms with E-state index in [0.717, 1.165) is 61.1 Å². The number of aromatic nitrogens is 1. The summed E-state index contributed by atoms with van der Waals surface area (Å²) in [5.41, 5.74) is 12.9. The lowest BCUT2D eigenvalue weighted by Gasteiger charge is -2.28. The minimum atomic E-state index is 0.841. The van der Waals surface area contributed by atoms with Gasteiger partial charge < -0.3 is 13.9 Å². The first-order valence-electron chi connectivity index (χ1n) is 20.2. The summed E-state index contributed by atoms with van der Waals surface area (Å²) in [6, 6.07) is 78.8. The standard InChI is InChI=1S/C56H36N2O/c1-3-13-37(14-4-1)41-23-28-45(29-24-41)57(46-30-25-39-17-7-9-19-42(39)33-46)56-54-48-32-27-44(38-15-5-2-6-16-38)35-50(48)58(47-31-26-40-18-8-10-20-43(40)34-47)51(54)36-53-55(56)49-21-11-12-22-52(49)59-53/h1-36H. The normalized spacial score (nSPS) is 11.7. The van der Waals surface area contributed by atoms with E-state index < -0.39 is 0 Å². The number of benzene rings is 10. The molecule has 0 fully saturated rings. The summed E-state index contributed by atoms with van der Waals surface area (Å²) in [6.07, 6.45) is 0. The molecule has 59 heavy (non-hydrogen) atoms. The van der Waals surface area contributed by atoms with Gasteiger partial charge >= 0.3 is 0 Å². The molecule has 2 heterocycles. The molecule has 12 rings (SSSR count). The molecule has 276 valence electrons. The lowest BCUT2D eigenvalue weighted by molar-refractivity contribution is 0.669. The van der Waals surface area contributed by atoms with Crippen LogP contribution in [0.3, 0.4) is 0 Å². The van der Waals surface area contributed by atoms with Crippen LogP contribution in [0.2, 0.25) is 0 Å². The number of rotatable bonds is 6. The van der Waals surface area contributed by atoms with E-state index in [4.69, 9.17) is 4.42 Å². The molecule has 0 spiro atoms. The Balaban J connectivity index is 1.24. The average Bonchev–Trinajstić information content (AvgIpc) is 3.84. The number of hydrogen-bond acceptors (Lipinski definition) is 2. The van der Waals surface area contributed by atoms with E-state index in [1.165, 1.54) is 49.2 Å². The zero-order chi connectivity index (χ0) is 38.9. The van der Waals surface area contributed by atoms with Crippen molar-refractivity contribution in [1.82, 2.24) is 4.57 Å². The van der Waals surface area contributed by atoms with Crippen LogP contribution >= 0.6 is 0 Å². The fourth-order valence-corrected chi connectivity index (χ4v) is 9.14. The van der Waals surface area contributed by atoms with Gasteiger partial charge in [-0.25, -0.2) is 0 Å². The van der Waals surface area contributed by atoms with Crippen molar-refractivity contribution in [3.05, 3.63) is 218 Å². The van der Waals surface area contributed by atoms with Crippen molar-refractivity contribution < 1.29 is 4.42 Å². The molecule has 0 aliphatic carbocycles. The Bertz CT molecular complexity index is 3540. The fraction of sp³-hybridized carbons (Fsp3) is 0. The summed E-state index contributed by atoms with van der Waals surface area (Å²) in [5.74, 6) is 0. The van der Waals surface area contributed by atoms with Gasteiger partial charge in [0, 0.05) is 39.3 Å². The van der Waals surface area contributed by atoms with Crippen LogP contribution in [-0.2, 0) is 0 Å². The Morgan fingerprint density at radius 3 is 1.66 bits per heavy atom. The quantitative estimate of drug-likeness (QED) is 0.169. The van der Waals surface area contributed by atoms with Gasteiger partial charge in [0.2, 0.25) is 0 Å². The van der Waals surface area contributed by atoms with Crippen LogP contribution in [0.4, 0.5) is 17.1 Å². The van der Waals surface area contributed by atoms with Crippen LogP contribution in [0.1, 0.15) is 0 Å². The summed E-state index contributed by atoms with van der Waals surface area (Å²) < 4.78 is 9.32. The summed E-state index contributed by atoms with van der Waals surface area (Å²) >= 11 is 0. The largest absolute Gasteiger partial charge is 0.456 e. The molecular formula is C56H36N2O. The van der Waals surface area contributed by atoms with E-state index in [9.17, 15) is 0 Å². The highest BCUT2D eigenvalue weighted by Crippen LogP contribution is 2.51. The van der Waals surface area contributed by atoms with Crippen molar-refractivity contribution in [1.29, 1.82) is 0 Å². The molecule has 3 heteroatoms. The highest BCUT2D eigenvalue weighted by molar-refractivity contribution is 6.28. The van der Waals surface area contributed by atoms with Crippen LogP contribution < -0.4 is 4.90 Å². The van der Waals surface area contributed by atoms with Crippen LogP contribution in [0.5, 0.6) is 0 Å². The predicted molar refractivity (Wildman–Crippen MR) is 249 cm³/mol. The molecule has 0 saturated heterocycles. The van der Waals surface area contributed by atoms with Crippen LogP contribution in [0.15, 0.2) is 223 Å². The Kier molecular flexibility index (Phi) is 7.54. The maximum atomic E-state index is 6.88. The summed E-state index contributed by atoms with van der Waals surface area (Å²) in [6.45, 7) is 0. The summed E-state index contributed by atoms with van der Waals surface area (Å²) in [4.78, 5) is 2.46. The number of fused-ring (bicyclic) bond motifs is 8. The highest BCUT2D eigenvalue weighted by atomic mass is 16.3. The first kappa shape index (κ1) is 33.3. The summed E-state index contributed by atoms with van der Waals surface area (Å²) in [7, 11) is 0. The molecule has 0 unspecified atom stereocenters. The monoisotopic (exact) mass is 752 g/mol. The molecule has 0 N–H and O–H groups in total. The first-order valence-corrected chi connectivity index (χ1v) is 20.2. The van der Waals surface area contributed by atoms with Crippen molar-refractivity contribution in [2.24, 2.45) is 0 Å². The van der Waals surface area contributed by atoms with Gasteiger partial charge in [-0.2, -0.15) is 0 Å². The molecule has 0 bridgehead atoms. The van der Waals surface area contributed by atoms with Crippen molar-refractivity contribution in [3.8, 4) is 27.9 Å². The molecule has 0 amide bonds. The third-order valence-corrected chi connectivity index (χ3v) is 11.9. The molecule has 3 nitrogen and oxygen atoms in total. The minimum Gasteiger partial charge on any atom is -0.456 e. The Morgan fingerprint density at radius 2 is 0.915 bits per heavy atom. The number of hydrogen-bond donors (Lipinski definition) is 0. The summed E-state index contributed by atoms with van der Waals surface area (Å²) in [5, 5.41) is 9.28. The maximum absolute atomic E-state index is 6.88. The molecule has 12 aromatic rings. The van der Waals surface area contributed by atoms with E-state index in [2.05, 4.69) is 228 Å². The van der Waals surface area contributed by atoms with Gasteiger partial charge in [-0.1, -0.05) is 164 Å². The van der Waals surface area contributed by atoms with E-state index in [-0.39, 0.29) is 0 Å². The molecule has 0 radical (unpaired) electrons. The maximum Gasteiger partial charge on any atom is 0.139 e. The van der Waals surface area contributed by atoms with E-state index >= 15 is 0 Å². The van der Waals surface area contributed by atoms with Gasteiger partial charge in [-0.15, -0.1) is 0 Å². The number of furan rings is 1. The lowest BCUT2D eigenvalue weighted by Crippen LogP contribution is -2.11. The molecule has 0 aliphatic heterocycles. The zero-order valence-electron chi connectivity index (χ0n) is 32.1. The minimum absolute atomic E-state index is 0.841. The molecule has 2 aromatic heterocycles. The molecule has 0 aliphatic rings. The topological polar surface area (TPSA) is 21.3 Å². The van der Waals surface area contributed by atoms with Gasteiger partial charge in [0.1, 0.15) is 11.2 Å². The fourth-order valence-electron chi connectivity index (χ4n) is 9.14. The molecular weight excluding hydrogens is 717 g/mol. The van der Waals surface area contributed by atoms with Crippen molar-refractivity contribution >= 4 is 82.4 Å². The van der Waals surface area contributed by atoms with Gasteiger partial charge in [-0.05, 0) is 92.3 Å². The number of nitrogens with zero attached hydrogens (tertiary/aromatic N) is 2. The lowest BCUT2D eigenvalue weighted by atomic mass is 9.99. The second-order valence-corrected chi connectivity index (χ2v) is 15.3. The van der Waals surface area contributed by atoms with Crippen LogP contribution in [0, 0.1) is 0 Å². The number of para-hydroxylation sites is 1. The van der Waals surface area contributed by atoms with Gasteiger partial charge in [-0.3, -0.25) is 0 Å². The molecule has 0 atom stereocenters. The van der Waals surface area contributed by atoms with Gasteiger partial charge in [0.15, 0.2) is 0 Å². The Hall–Kier alpha value is -7.88. The third kappa shape index (κ3) is 5.44. The second kappa shape index (κ2) is 13.4. The highest BCUT2D eigenvalue weighted by Gasteiger charge is 2.27. The van der Waals surface area contributed by atoms with Crippen molar-refractivity contribution in [2.45, 2.75) is 0 Å². The third-order valence-electron chi connectivity index (χ3n) is 11.9. The van der Waals surface area contributed by atoms with Gasteiger partial charge in [0.25, 0.3) is 0 Å². The average molecular weight is 753 g/mol. The van der Waals surface area contributed by atoms with Crippen molar-refractivity contribution in [2.75, 3.05) is 4.90 Å². The first-order chi connectivity index (χ1) is 29.2. The predicted octanol–water partition coefficient (Wildman–Crippen LogP) is 15.8. The van der Waals surface area contributed by atoms with Gasteiger partial charge in [0.05, 0.1) is 22.1 Å². The van der Waals surface area contributed by atoms with Crippen LogP contribution in [0.25, 0.3) is 93.2 Å². The smallest absolute Gasteiger partial charge is 0.139 e. The molecule has 0 saturated carbocycles. The second-order valence-electron chi connectivity index (χ2n) is 15.3. The van der Waals surface area contributed by atoms with E-state index in [1.807, 2.05) is 0 Å². The number of anilines is 3. The van der Waals surface area contributed by atoms with Crippen LogP contribution in [-0.4, -0.2) is 4.57 Å². The SMILES string of the molecule is c1ccc(-c2ccc(N(c3ccc4ccccc4c3)c3c4c(cc5c3c3ccc(-c6ccccc6)cc3n5-c3ccc5ccccc5c3)oc3ccccc34)cc2)cc1.